The monoisotopic (exact) mass is 205 g/mol. The van der Waals surface area contributed by atoms with E-state index in [9.17, 15) is 0 Å². The van der Waals surface area contributed by atoms with Gasteiger partial charge in [0.2, 0.25) is 0 Å². The Labute approximate surface area is 91.5 Å². The predicted octanol–water partition coefficient (Wildman–Crippen LogP) is 3.08. The number of aryl methyl sites for hydroxylation is 2. The molecule has 1 heterocycles. The van der Waals surface area contributed by atoms with Gasteiger partial charge in [0, 0.05) is 12.1 Å². The Morgan fingerprint density at radius 2 is 2.20 bits per heavy atom. The first-order valence-corrected chi connectivity index (χ1v) is 5.64. The van der Waals surface area contributed by atoms with Gasteiger partial charge in [0.25, 0.3) is 0 Å². The lowest BCUT2D eigenvalue weighted by Crippen LogP contribution is -1.93. The highest BCUT2D eigenvalue weighted by Gasteiger charge is 2.12. The first kappa shape index (κ1) is 11.8. The number of nitrogens with one attached hydrogen (secondary N) is 1. The molecule has 3 nitrogen and oxygen atoms in total. The lowest BCUT2D eigenvalue weighted by atomic mass is 10.1. The number of H-pyrrole nitrogens is 1. The highest BCUT2D eigenvalue weighted by molar-refractivity contribution is 5.22. The van der Waals surface area contributed by atoms with Crippen molar-refractivity contribution in [1.29, 1.82) is 5.26 Å². The number of imidazole rings is 1. The molecule has 0 saturated carbocycles. The van der Waals surface area contributed by atoms with E-state index < -0.39 is 0 Å². The molecular weight excluding hydrogens is 186 g/mol. The normalized spacial score (nSPS) is 12.4. The molecule has 3 heteroatoms. The van der Waals surface area contributed by atoms with Crippen molar-refractivity contribution >= 4 is 0 Å². The van der Waals surface area contributed by atoms with E-state index in [1.807, 2.05) is 13.8 Å². The smallest absolute Gasteiger partial charge is 0.106 e. The van der Waals surface area contributed by atoms with Gasteiger partial charge in [0.15, 0.2) is 0 Å². The van der Waals surface area contributed by atoms with Gasteiger partial charge in [-0.1, -0.05) is 19.8 Å². The van der Waals surface area contributed by atoms with Crippen molar-refractivity contribution in [3.05, 3.63) is 17.2 Å². The number of nitrogens with zero attached hydrogens (tertiary/aromatic N) is 2. The van der Waals surface area contributed by atoms with Crippen molar-refractivity contribution < 1.29 is 0 Å². The molecule has 1 N–H and O–H groups in total. The summed E-state index contributed by atoms with van der Waals surface area (Å²) in [6, 6.07) is 2.22. The molecule has 0 amide bonds. The van der Waals surface area contributed by atoms with Gasteiger partial charge in [-0.05, 0) is 20.3 Å². The Bertz CT molecular complexity index is 346. The minimum Gasteiger partial charge on any atom is -0.346 e. The second-order valence-corrected chi connectivity index (χ2v) is 4.00. The molecule has 1 aromatic rings. The van der Waals surface area contributed by atoms with Crippen LogP contribution in [0, 0.1) is 18.3 Å². The molecule has 0 saturated heterocycles. The van der Waals surface area contributed by atoms with Crippen molar-refractivity contribution in [2.45, 2.75) is 52.4 Å². The van der Waals surface area contributed by atoms with Gasteiger partial charge in [-0.25, -0.2) is 4.98 Å². The molecular formula is C12H19N3. The van der Waals surface area contributed by atoms with E-state index in [4.69, 9.17) is 5.26 Å². The van der Waals surface area contributed by atoms with E-state index in [1.165, 1.54) is 19.3 Å². The predicted molar refractivity (Wildman–Crippen MR) is 60.6 cm³/mol. The Morgan fingerprint density at radius 3 is 2.80 bits per heavy atom. The molecule has 0 spiro atoms. The molecule has 0 fully saturated rings. The van der Waals surface area contributed by atoms with Crippen LogP contribution in [0.1, 0.15) is 56.2 Å². The third-order valence-electron chi connectivity index (χ3n) is 2.59. The van der Waals surface area contributed by atoms with Crippen molar-refractivity contribution in [3.63, 3.8) is 0 Å². The van der Waals surface area contributed by atoms with Crippen LogP contribution in [0.25, 0.3) is 0 Å². The summed E-state index contributed by atoms with van der Waals surface area (Å²) in [4.78, 5) is 7.73. The number of hydrogen-bond acceptors (Lipinski definition) is 2. The number of aromatic nitrogens is 2. The van der Waals surface area contributed by atoms with Crippen LogP contribution in [0.2, 0.25) is 0 Å². The molecule has 1 unspecified atom stereocenters. The topological polar surface area (TPSA) is 52.5 Å². The number of hydrogen-bond donors (Lipinski definition) is 1. The van der Waals surface area contributed by atoms with E-state index >= 15 is 0 Å². The van der Waals surface area contributed by atoms with Crippen LogP contribution in [-0.2, 0) is 6.42 Å². The summed E-state index contributed by atoms with van der Waals surface area (Å²) in [5.41, 5.74) is 1.94. The molecule has 0 aromatic carbocycles. The second kappa shape index (κ2) is 5.55. The van der Waals surface area contributed by atoms with Crippen LogP contribution < -0.4 is 0 Å². The third kappa shape index (κ3) is 3.09. The summed E-state index contributed by atoms with van der Waals surface area (Å²) in [6.07, 6.45) is 4.63. The quantitative estimate of drug-likeness (QED) is 0.751. The summed E-state index contributed by atoms with van der Waals surface area (Å²) in [5.74, 6) is 0.916. The van der Waals surface area contributed by atoms with Crippen LogP contribution in [0.15, 0.2) is 0 Å². The van der Waals surface area contributed by atoms with Crippen LogP contribution in [0.3, 0.4) is 0 Å². The second-order valence-electron chi connectivity index (χ2n) is 4.00. The van der Waals surface area contributed by atoms with Crippen molar-refractivity contribution in [2.75, 3.05) is 0 Å². The van der Waals surface area contributed by atoms with Crippen molar-refractivity contribution in [2.24, 2.45) is 0 Å². The molecule has 0 aliphatic carbocycles. The Hall–Kier alpha value is -1.30. The van der Waals surface area contributed by atoms with Gasteiger partial charge in [-0.3, -0.25) is 0 Å². The first-order chi connectivity index (χ1) is 7.19. The Morgan fingerprint density at radius 1 is 1.47 bits per heavy atom. The van der Waals surface area contributed by atoms with E-state index in [0.29, 0.717) is 0 Å². The highest BCUT2D eigenvalue weighted by Crippen LogP contribution is 2.17. The molecule has 82 valence electrons. The largest absolute Gasteiger partial charge is 0.346 e. The first-order valence-electron chi connectivity index (χ1n) is 5.64. The number of nitriles is 1. The summed E-state index contributed by atoms with van der Waals surface area (Å²) in [6.45, 7) is 6.06. The fourth-order valence-electron chi connectivity index (χ4n) is 1.68. The average Bonchev–Trinajstić information content (AvgIpc) is 2.59. The molecule has 0 bridgehead atoms. The lowest BCUT2D eigenvalue weighted by molar-refractivity contribution is 0.697. The molecule has 0 aliphatic rings. The number of aromatic amines is 1. The van der Waals surface area contributed by atoms with Crippen LogP contribution in [0.5, 0.6) is 0 Å². The highest BCUT2D eigenvalue weighted by atomic mass is 14.9. The average molecular weight is 205 g/mol. The van der Waals surface area contributed by atoms with Crippen LogP contribution in [0.4, 0.5) is 0 Å². The number of unbranched alkanes of at least 4 members (excludes halogenated alkanes) is 2. The minimum absolute atomic E-state index is 0.110. The van der Waals surface area contributed by atoms with Gasteiger partial charge in [0.05, 0.1) is 17.7 Å². The lowest BCUT2D eigenvalue weighted by Gasteiger charge is -1.97. The molecule has 0 aliphatic heterocycles. The van der Waals surface area contributed by atoms with Gasteiger partial charge < -0.3 is 4.98 Å². The fraction of sp³-hybridized carbons (Fsp3) is 0.667. The zero-order valence-corrected chi connectivity index (χ0v) is 9.80. The van der Waals surface area contributed by atoms with Crippen LogP contribution in [-0.4, -0.2) is 9.97 Å². The van der Waals surface area contributed by atoms with E-state index in [1.54, 1.807) is 0 Å². The summed E-state index contributed by atoms with van der Waals surface area (Å²) >= 11 is 0. The molecule has 1 rings (SSSR count). The number of rotatable bonds is 5. The third-order valence-corrected chi connectivity index (χ3v) is 2.59. The Kier molecular flexibility index (Phi) is 4.36. The van der Waals surface area contributed by atoms with Crippen molar-refractivity contribution in [1.82, 2.24) is 9.97 Å². The van der Waals surface area contributed by atoms with Gasteiger partial charge >= 0.3 is 0 Å². The SMILES string of the molecule is CCCCCc1nc(C(C)C#N)c(C)[nH]1. The maximum atomic E-state index is 8.83. The molecule has 15 heavy (non-hydrogen) atoms. The Balaban J connectivity index is 2.65. The van der Waals surface area contributed by atoms with E-state index in [-0.39, 0.29) is 5.92 Å². The fourth-order valence-corrected chi connectivity index (χ4v) is 1.68. The summed E-state index contributed by atoms with van der Waals surface area (Å²) in [5, 5.41) is 8.83. The molecule has 1 atom stereocenters. The van der Waals surface area contributed by atoms with Gasteiger partial charge in [-0.15, -0.1) is 0 Å². The van der Waals surface area contributed by atoms with E-state index in [0.717, 1.165) is 23.6 Å². The van der Waals surface area contributed by atoms with Gasteiger partial charge in [-0.2, -0.15) is 5.26 Å². The summed E-state index contributed by atoms with van der Waals surface area (Å²) < 4.78 is 0. The van der Waals surface area contributed by atoms with E-state index in [2.05, 4.69) is 23.0 Å². The van der Waals surface area contributed by atoms with Crippen molar-refractivity contribution in [3.8, 4) is 6.07 Å². The molecule has 0 radical (unpaired) electrons. The molecule has 1 aromatic heterocycles. The minimum atomic E-state index is -0.110. The zero-order valence-electron chi connectivity index (χ0n) is 9.80. The zero-order chi connectivity index (χ0) is 11.3. The standard InChI is InChI=1S/C12H19N3/c1-4-5-6-7-11-14-10(3)12(15-11)9(2)8-13/h9H,4-7H2,1-3H3,(H,14,15). The van der Waals surface area contributed by atoms with Crippen LogP contribution >= 0.6 is 0 Å². The maximum Gasteiger partial charge on any atom is 0.106 e. The summed E-state index contributed by atoms with van der Waals surface area (Å²) in [7, 11) is 0. The maximum absolute atomic E-state index is 8.83. The van der Waals surface area contributed by atoms with Gasteiger partial charge in [0.1, 0.15) is 5.82 Å².